The molecule has 0 saturated carbocycles. The van der Waals surface area contributed by atoms with Crippen LogP contribution >= 0.6 is 0 Å². The summed E-state index contributed by atoms with van der Waals surface area (Å²) >= 11 is 0. The topological polar surface area (TPSA) is 0 Å². The Hall–Kier alpha value is -1.56. The summed E-state index contributed by atoms with van der Waals surface area (Å²) in [5, 5.41) is 0. The Bertz CT molecular complexity index is 641. The molecule has 0 heteroatoms. The van der Waals surface area contributed by atoms with Crippen molar-refractivity contribution < 1.29 is 0 Å². The highest BCUT2D eigenvalue weighted by molar-refractivity contribution is 5.73. The van der Waals surface area contributed by atoms with Gasteiger partial charge >= 0.3 is 0 Å². The maximum atomic E-state index is 2.44. The summed E-state index contributed by atoms with van der Waals surface area (Å²) in [7, 11) is 0. The van der Waals surface area contributed by atoms with Gasteiger partial charge in [0, 0.05) is 0 Å². The van der Waals surface area contributed by atoms with E-state index in [0.717, 1.165) is 0 Å². The maximum absolute atomic E-state index is 2.44. The Kier molecular flexibility index (Phi) is 5.91. The van der Waals surface area contributed by atoms with E-state index >= 15 is 0 Å². The van der Waals surface area contributed by atoms with Gasteiger partial charge in [0.2, 0.25) is 0 Å². The van der Waals surface area contributed by atoms with Crippen molar-refractivity contribution in [3.05, 3.63) is 58.7 Å². The predicted molar refractivity (Wildman–Crippen MR) is 108 cm³/mol. The molecule has 0 aromatic heterocycles. The molecule has 0 N–H and O–H groups in total. The van der Waals surface area contributed by atoms with Crippen molar-refractivity contribution in [2.45, 2.75) is 79.1 Å². The average Bonchev–Trinajstić information content (AvgIpc) is 2.53. The molecule has 0 saturated heterocycles. The van der Waals surface area contributed by atoms with Crippen molar-refractivity contribution >= 4 is 0 Å². The Balaban J connectivity index is 2.70. The van der Waals surface area contributed by atoms with Crippen molar-refractivity contribution in [3.63, 3.8) is 0 Å². The van der Waals surface area contributed by atoms with E-state index in [0.29, 0.717) is 23.7 Å². The lowest BCUT2D eigenvalue weighted by molar-refractivity contribution is 0.807. The van der Waals surface area contributed by atoms with Gasteiger partial charge in [-0.2, -0.15) is 0 Å². The third-order valence-corrected chi connectivity index (χ3v) is 5.00. The Labute approximate surface area is 149 Å². The monoisotopic (exact) mass is 322 g/mol. The molecule has 0 bridgehead atoms. The van der Waals surface area contributed by atoms with Crippen LogP contribution in [0, 0.1) is 0 Å². The second kappa shape index (κ2) is 7.55. The summed E-state index contributed by atoms with van der Waals surface area (Å²) < 4.78 is 0. The highest BCUT2D eigenvalue weighted by Gasteiger charge is 2.18. The highest BCUT2D eigenvalue weighted by atomic mass is 14.2. The van der Waals surface area contributed by atoms with Gasteiger partial charge in [-0.15, -0.1) is 0 Å². The number of hydrogen-bond acceptors (Lipinski definition) is 0. The molecule has 0 nitrogen and oxygen atoms in total. The van der Waals surface area contributed by atoms with Gasteiger partial charge in [-0.1, -0.05) is 91.8 Å². The summed E-state index contributed by atoms with van der Waals surface area (Å²) in [6.07, 6.45) is 0. The number of rotatable bonds is 5. The molecule has 0 atom stereocenters. The molecule has 0 radical (unpaired) electrons. The Morgan fingerprint density at radius 2 is 0.917 bits per heavy atom. The van der Waals surface area contributed by atoms with Crippen molar-refractivity contribution in [1.82, 2.24) is 0 Å². The maximum Gasteiger partial charge on any atom is -0.0114 e. The predicted octanol–water partition coefficient (Wildman–Crippen LogP) is 7.85. The number of benzene rings is 2. The molecule has 2 aromatic rings. The van der Waals surface area contributed by atoms with Crippen LogP contribution in [0.3, 0.4) is 0 Å². The minimum Gasteiger partial charge on any atom is -0.0587 e. The van der Waals surface area contributed by atoms with Crippen LogP contribution in [-0.4, -0.2) is 0 Å². The SMILES string of the molecule is CC(C)c1ccc(-c2c(C(C)C)cc(C(C)C)cc2C(C)C)cc1. The summed E-state index contributed by atoms with van der Waals surface area (Å²) in [6.45, 7) is 18.4. The van der Waals surface area contributed by atoms with E-state index in [2.05, 4.69) is 91.8 Å². The molecule has 0 aliphatic heterocycles. The first kappa shape index (κ1) is 18.8. The molecule has 0 amide bonds. The van der Waals surface area contributed by atoms with E-state index < -0.39 is 0 Å². The standard InChI is InChI=1S/C24H34/c1-15(2)19-9-11-20(12-10-19)24-22(17(5)6)13-21(16(3)4)14-23(24)18(7)8/h9-18H,1-8H3. The van der Waals surface area contributed by atoms with Crippen LogP contribution in [0.25, 0.3) is 11.1 Å². The van der Waals surface area contributed by atoms with Crippen LogP contribution in [0.15, 0.2) is 36.4 Å². The molecular weight excluding hydrogens is 288 g/mol. The lowest BCUT2D eigenvalue weighted by Gasteiger charge is -2.23. The molecule has 0 aliphatic carbocycles. The smallest absolute Gasteiger partial charge is 0.0114 e. The van der Waals surface area contributed by atoms with Crippen LogP contribution in [0.2, 0.25) is 0 Å². The summed E-state index contributed by atoms with van der Waals surface area (Å²) in [4.78, 5) is 0. The van der Waals surface area contributed by atoms with E-state index in [9.17, 15) is 0 Å². The average molecular weight is 323 g/mol. The van der Waals surface area contributed by atoms with Gasteiger partial charge in [0.05, 0.1) is 0 Å². The van der Waals surface area contributed by atoms with Gasteiger partial charge in [0.25, 0.3) is 0 Å². The highest BCUT2D eigenvalue weighted by Crippen LogP contribution is 2.39. The molecule has 2 rings (SSSR count). The molecule has 24 heavy (non-hydrogen) atoms. The third kappa shape index (κ3) is 3.91. The molecule has 2 aromatic carbocycles. The second-order valence-electron chi connectivity index (χ2n) is 8.32. The van der Waals surface area contributed by atoms with Crippen LogP contribution in [0.1, 0.15) is 101 Å². The minimum absolute atomic E-state index is 0.529. The quantitative estimate of drug-likeness (QED) is 0.525. The molecule has 0 heterocycles. The Morgan fingerprint density at radius 3 is 1.25 bits per heavy atom. The zero-order chi connectivity index (χ0) is 18.0. The Morgan fingerprint density at radius 1 is 0.500 bits per heavy atom. The lowest BCUT2D eigenvalue weighted by Crippen LogP contribution is -2.03. The van der Waals surface area contributed by atoms with Crippen molar-refractivity contribution in [1.29, 1.82) is 0 Å². The van der Waals surface area contributed by atoms with Gasteiger partial charge in [0.15, 0.2) is 0 Å². The first-order valence-electron chi connectivity index (χ1n) is 9.50. The molecular formula is C24H34. The van der Waals surface area contributed by atoms with E-state index in [4.69, 9.17) is 0 Å². The molecule has 0 aliphatic rings. The van der Waals surface area contributed by atoms with E-state index in [1.165, 1.54) is 33.4 Å². The summed E-state index contributed by atoms with van der Waals surface area (Å²) in [6, 6.07) is 14.1. The fraction of sp³-hybridized carbons (Fsp3) is 0.500. The number of hydrogen-bond donors (Lipinski definition) is 0. The lowest BCUT2D eigenvalue weighted by atomic mass is 9.81. The fourth-order valence-electron chi connectivity index (χ4n) is 3.32. The second-order valence-corrected chi connectivity index (χ2v) is 8.32. The van der Waals surface area contributed by atoms with Crippen LogP contribution in [0.4, 0.5) is 0 Å². The van der Waals surface area contributed by atoms with Crippen molar-refractivity contribution in [2.75, 3.05) is 0 Å². The summed E-state index contributed by atoms with van der Waals surface area (Å²) in [5.41, 5.74) is 8.67. The van der Waals surface area contributed by atoms with E-state index in [1.54, 1.807) is 0 Å². The van der Waals surface area contributed by atoms with Crippen molar-refractivity contribution in [2.24, 2.45) is 0 Å². The van der Waals surface area contributed by atoms with E-state index in [-0.39, 0.29) is 0 Å². The molecule has 0 unspecified atom stereocenters. The van der Waals surface area contributed by atoms with Gasteiger partial charge in [-0.05, 0) is 57.1 Å². The zero-order valence-electron chi connectivity index (χ0n) is 16.8. The van der Waals surface area contributed by atoms with Gasteiger partial charge < -0.3 is 0 Å². The third-order valence-electron chi connectivity index (χ3n) is 5.00. The van der Waals surface area contributed by atoms with Gasteiger partial charge in [0.1, 0.15) is 0 Å². The zero-order valence-corrected chi connectivity index (χ0v) is 16.8. The van der Waals surface area contributed by atoms with Gasteiger partial charge in [-0.25, -0.2) is 0 Å². The first-order valence-corrected chi connectivity index (χ1v) is 9.50. The fourth-order valence-corrected chi connectivity index (χ4v) is 3.32. The summed E-state index contributed by atoms with van der Waals surface area (Å²) in [5.74, 6) is 2.20. The minimum atomic E-state index is 0.529. The molecule has 0 spiro atoms. The van der Waals surface area contributed by atoms with E-state index in [1.807, 2.05) is 0 Å². The molecule has 130 valence electrons. The van der Waals surface area contributed by atoms with Gasteiger partial charge in [-0.3, -0.25) is 0 Å². The van der Waals surface area contributed by atoms with Crippen LogP contribution in [0.5, 0.6) is 0 Å². The normalized spacial score (nSPS) is 12.0. The van der Waals surface area contributed by atoms with Crippen LogP contribution < -0.4 is 0 Å². The first-order chi connectivity index (χ1) is 11.2. The van der Waals surface area contributed by atoms with Crippen LogP contribution in [-0.2, 0) is 0 Å². The largest absolute Gasteiger partial charge is 0.0587 e. The molecule has 0 fully saturated rings. The van der Waals surface area contributed by atoms with Crippen molar-refractivity contribution in [3.8, 4) is 11.1 Å².